The largest absolute Gasteiger partial charge is 0.338 e. The number of rotatable bonds is 4. The Morgan fingerprint density at radius 3 is 2.46 bits per heavy atom. The molecule has 24 heavy (non-hydrogen) atoms. The third kappa shape index (κ3) is 3.44. The summed E-state index contributed by atoms with van der Waals surface area (Å²) >= 11 is 0. The minimum Gasteiger partial charge on any atom is -0.338 e. The number of benzene rings is 1. The Bertz CT molecular complexity index is 724. The summed E-state index contributed by atoms with van der Waals surface area (Å²) in [7, 11) is -3.52. The second-order valence-electron chi connectivity index (χ2n) is 6.81. The maximum absolute atomic E-state index is 12.7. The molecule has 2 aliphatic heterocycles. The fourth-order valence-electron chi connectivity index (χ4n) is 3.49. The Labute approximate surface area is 148 Å². The number of likely N-dealkylation sites (tertiary alicyclic amines) is 1. The molecule has 3 aliphatic rings. The minimum atomic E-state index is -3.52. The van der Waals surface area contributed by atoms with Gasteiger partial charge < -0.3 is 10.2 Å². The van der Waals surface area contributed by atoms with Crippen molar-refractivity contribution in [2.24, 2.45) is 11.8 Å². The van der Waals surface area contributed by atoms with E-state index in [0.29, 0.717) is 17.4 Å². The molecule has 4 rings (SSSR count). The van der Waals surface area contributed by atoms with Crippen LogP contribution in [0.4, 0.5) is 0 Å². The van der Waals surface area contributed by atoms with Crippen molar-refractivity contribution in [3.8, 4) is 0 Å². The van der Waals surface area contributed by atoms with Crippen molar-refractivity contribution >= 4 is 28.3 Å². The average Bonchev–Trinajstić information content (AvgIpc) is 3.07. The molecule has 8 heteroatoms. The normalized spacial score (nSPS) is 26.1. The van der Waals surface area contributed by atoms with E-state index < -0.39 is 10.0 Å². The van der Waals surface area contributed by atoms with Crippen molar-refractivity contribution in [2.75, 3.05) is 26.2 Å². The number of carbonyl (C=O) groups excluding carboxylic acids is 1. The van der Waals surface area contributed by atoms with Crippen molar-refractivity contribution in [3.63, 3.8) is 0 Å². The molecule has 2 atom stereocenters. The van der Waals surface area contributed by atoms with Crippen LogP contribution in [-0.2, 0) is 10.0 Å². The van der Waals surface area contributed by atoms with E-state index in [9.17, 15) is 13.2 Å². The number of nitrogens with one attached hydrogen (secondary N) is 2. The highest BCUT2D eigenvalue weighted by Gasteiger charge is 2.38. The van der Waals surface area contributed by atoms with E-state index in [4.69, 9.17) is 0 Å². The number of amides is 1. The van der Waals surface area contributed by atoms with E-state index in [-0.39, 0.29) is 29.3 Å². The van der Waals surface area contributed by atoms with Crippen LogP contribution in [-0.4, -0.2) is 51.4 Å². The number of nitrogens with zero attached hydrogens (tertiary/aromatic N) is 1. The molecule has 6 nitrogen and oxygen atoms in total. The van der Waals surface area contributed by atoms with Crippen molar-refractivity contribution in [2.45, 2.75) is 23.8 Å². The van der Waals surface area contributed by atoms with Gasteiger partial charge in [0.2, 0.25) is 10.0 Å². The fraction of sp³-hybridized carbons (Fsp3) is 0.562. The van der Waals surface area contributed by atoms with Gasteiger partial charge in [0.05, 0.1) is 4.90 Å². The summed E-state index contributed by atoms with van der Waals surface area (Å²) in [6.45, 7) is 3.45. The van der Waals surface area contributed by atoms with Gasteiger partial charge in [0.15, 0.2) is 0 Å². The highest BCUT2D eigenvalue weighted by Crippen LogP contribution is 2.28. The number of hydrogen-bond donors (Lipinski definition) is 2. The van der Waals surface area contributed by atoms with Crippen LogP contribution in [0.25, 0.3) is 0 Å². The van der Waals surface area contributed by atoms with Gasteiger partial charge in [0, 0.05) is 37.8 Å². The van der Waals surface area contributed by atoms with Gasteiger partial charge in [-0.2, -0.15) is 0 Å². The molecule has 2 saturated heterocycles. The molecule has 0 aromatic heterocycles. The zero-order valence-corrected chi connectivity index (χ0v) is 14.9. The molecule has 1 aliphatic carbocycles. The van der Waals surface area contributed by atoms with Crippen LogP contribution >= 0.6 is 12.4 Å². The van der Waals surface area contributed by atoms with Crippen molar-refractivity contribution in [1.29, 1.82) is 0 Å². The van der Waals surface area contributed by atoms with E-state index in [1.807, 2.05) is 4.90 Å². The first-order valence-corrected chi connectivity index (χ1v) is 9.63. The van der Waals surface area contributed by atoms with Gasteiger partial charge in [0.25, 0.3) is 5.91 Å². The van der Waals surface area contributed by atoms with Gasteiger partial charge in [-0.1, -0.05) is 6.07 Å². The van der Waals surface area contributed by atoms with Crippen LogP contribution < -0.4 is 10.0 Å². The summed E-state index contributed by atoms with van der Waals surface area (Å²) in [6.07, 6.45) is 1.78. The zero-order chi connectivity index (χ0) is 16.0. The first-order chi connectivity index (χ1) is 11.0. The van der Waals surface area contributed by atoms with Crippen LogP contribution in [0.2, 0.25) is 0 Å². The Morgan fingerprint density at radius 1 is 1.17 bits per heavy atom. The lowest BCUT2D eigenvalue weighted by atomic mass is 10.0. The summed E-state index contributed by atoms with van der Waals surface area (Å²) in [5.41, 5.74) is 0.455. The Morgan fingerprint density at radius 2 is 1.83 bits per heavy atom. The molecule has 1 amide bonds. The average molecular weight is 372 g/mol. The molecule has 132 valence electrons. The summed E-state index contributed by atoms with van der Waals surface area (Å²) in [4.78, 5) is 14.7. The van der Waals surface area contributed by atoms with Gasteiger partial charge in [-0.15, -0.1) is 12.4 Å². The van der Waals surface area contributed by atoms with E-state index >= 15 is 0 Å². The molecule has 0 spiro atoms. The molecule has 3 fully saturated rings. The summed E-state index contributed by atoms with van der Waals surface area (Å²) in [6, 6.07) is 6.45. The number of carbonyl (C=O) groups is 1. The van der Waals surface area contributed by atoms with Crippen LogP contribution in [0.5, 0.6) is 0 Å². The topological polar surface area (TPSA) is 78.5 Å². The summed E-state index contributed by atoms with van der Waals surface area (Å²) < 4.78 is 27.2. The van der Waals surface area contributed by atoms with Gasteiger partial charge in [-0.05, 0) is 42.9 Å². The Balaban J connectivity index is 0.00000169. The first-order valence-electron chi connectivity index (χ1n) is 8.15. The minimum absolute atomic E-state index is 0. The third-order valence-electron chi connectivity index (χ3n) is 4.97. The zero-order valence-electron chi connectivity index (χ0n) is 13.3. The number of sulfonamides is 1. The van der Waals surface area contributed by atoms with Crippen molar-refractivity contribution in [1.82, 2.24) is 14.9 Å². The van der Waals surface area contributed by atoms with E-state index in [1.54, 1.807) is 18.2 Å². The number of fused-ring (bicyclic) bond motifs is 1. The molecular formula is C16H22ClN3O3S. The second-order valence-corrected chi connectivity index (χ2v) is 8.53. The smallest absolute Gasteiger partial charge is 0.253 e. The Kier molecular flexibility index (Phi) is 4.88. The van der Waals surface area contributed by atoms with Crippen LogP contribution in [0.15, 0.2) is 29.2 Å². The van der Waals surface area contributed by atoms with E-state index in [0.717, 1.165) is 39.0 Å². The third-order valence-corrected chi connectivity index (χ3v) is 6.49. The lowest BCUT2D eigenvalue weighted by Gasteiger charge is -2.18. The monoisotopic (exact) mass is 371 g/mol. The maximum atomic E-state index is 12.7. The number of halogens is 1. The molecule has 0 radical (unpaired) electrons. The van der Waals surface area contributed by atoms with Gasteiger partial charge in [-0.25, -0.2) is 13.1 Å². The lowest BCUT2D eigenvalue weighted by Crippen LogP contribution is -2.32. The molecule has 1 aromatic carbocycles. The predicted molar refractivity (Wildman–Crippen MR) is 92.8 cm³/mol. The summed E-state index contributed by atoms with van der Waals surface area (Å²) in [5, 5.41) is 3.35. The molecule has 0 unspecified atom stereocenters. The maximum Gasteiger partial charge on any atom is 0.253 e. The number of hydrogen-bond acceptors (Lipinski definition) is 4. The second kappa shape index (κ2) is 6.63. The molecular weight excluding hydrogens is 350 g/mol. The van der Waals surface area contributed by atoms with Gasteiger partial charge >= 0.3 is 0 Å². The van der Waals surface area contributed by atoms with Gasteiger partial charge in [-0.3, -0.25) is 4.79 Å². The predicted octanol–water partition coefficient (Wildman–Crippen LogP) is 0.841. The molecule has 1 saturated carbocycles. The summed E-state index contributed by atoms with van der Waals surface area (Å²) in [5.74, 6) is 0.993. The standard InChI is InChI=1S/C16H21N3O3S.ClH/c20-16(19-9-12-7-17-8-13(12)10-19)11-2-1-3-15(6-11)23(21,22)18-14-4-5-14;/h1-3,6,12-14,17-18H,4-5,7-10H2;1H/t12-,13+;. The Hall–Kier alpha value is -1.15. The first kappa shape index (κ1) is 17.7. The highest BCUT2D eigenvalue weighted by atomic mass is 35.5. The van der Waals surface area contributed by atoms with E-state index in [2.05, 4.69) is 10.0 Å². The van der Waals surface area contributed by atoms with Gasteiger partial charge in [0.1, 0.15) is 0 Å². The van der Waals surface area contributed by atoms with Crippen LogP contribution in [0.1, 0.15) is 23.2 Å². The lowest BCUT2D eigenvalue weighted by molar-refractivity contribution is 0.0781. The molecule has 2 N–H and O–H groups in total. The van der Waals surface area contributed by atoms with Crippen molar-refractivity contribution < 1.29 is 13.2 Å². The quantitative estimate of drug-likeness (QED) is 0.822. The SMILES string of the molecule is Cl.O=C(c1cccc(S(=O)(=O)NC2CC2)c1)N1C[C@H]2CNC[C@H]2C1. The molecule has 0 bridgehead atoms. The van der Waals surface area contributed by atoms with Crippen LogP contribution in [0, 0.1) is 11.8 Å². The van der Waals surface area contributed by atoms with Crippen molar-refractivity contribution in [3.05, 3.63) is 29.8 Å². The fourth-order valence-corrected chi connectivity index (χ4v) is 4.84. The molecule has 1 aromatic rings. The van der Waals surface area contributed by atoms with E-state index in [1.165, 1.54) is 6.07 Å². The van der Waals surface area contributed by atoms with Crippen LogP contribution in [0.3, 0.4) is 0 Å². The highest BCUT2D eigenvalue weighted by molar-refractivity contribution is 7.89. The molecule has 2 heterocycles.